The predicted molar refractivity (Wildman–Crippen MR) is 36.3 cm³/mol. The van der Waals surface area contributed by atoms with Crippen molar-refractivity contribution < 1.29 is 9.90 Å². The van der Waals surface area contributed by atoms with E-state index in [-0.39, 0.29) is 12.0 Å². The molecule has 0 aliphatic carbocycles. The zero-order valence-corrected chi connectivity index (χ0v) is 6.09. The Morgan fingerprint density at radius 1 is 1.40 bits per heavy atom. The molecule has 1 fully saturated rings. The van der Waals surface area contributed by atoms with E-state index in [4.69, 9.17) is 5.11 Å². The number of carboxylic acids is 1. The van der Waals surface area contributed by atoms with Crippen LogP contribution in [0.15, 0.2) is 0 Å². The second-order valence-electron chi connectivity index (χ2n) is 2.75. The monoisotopic (exact) mass is 144 g/mol. The standard InChI is InChI=1S/C6H12N2O2/c1-3-4(2)7-8-5(3)6(9)10/h3-5,7-8H,1-2H3,(H,9,10). The molecule has 1 aliphatic heterocycles. The molecule has 3 atom stereocenters. The highest BCUT2D eigenvalue weighted by Crippen LogP contribution is 2.12. The van der Waals surface area contributed by atoms with Crippen LogP contribution in [0.25, 0.3) is 0 Å². The zero-order chi connectivity index (χ0) is 7.72. The van der Waals surface area contributed by atoms with Crippen molar-refractivity contribution in [3.05, 3.63) is 0 Å². The first-order chi connectivity index (χ1) is 4.63. The van der Waals surface area contributed by atoms with Gasteiger partial charge < -0.3 is 5.11 Å². The quantitative estimate of drug-likeness (QED) is 0.467. The van der Waals surface area contributed by atoms with Crippen molar-refractivity contribution in [3.63, 3.8) is 0 Å². The van der Waals surface area contributed by atoms with E-state index in [0.29, 0.717) is 0 Å². The fourth-order valence-electron chi connectivity index (χ4n) is 1.06. The van der Waals surface area contributed by atoms with Crippen molar-refractivity contribution in [2.45, 2.75) is 25.9 Å². The molecule has 0 bridgehead atoms. The Balaban J connectivity index is 2.57. The molecule has 58 valence electrons. The summed E-state index contributed by atoms with van der Waals surface area (Å²) in [5.41, 5.74) is 5.58. The highest BCUT2D eigenvalue weighted by atomic mass is 16.4. The van der Waals surface area contributed by atoms with E-state index >= 15 is 0 Å². The van der Waals surface area contributed by atoms with Crippen molar-refractivity contribution in [2.24, 2.45) is 5.92 Å². The molecule has 1 aliphatic rings. The summed E-state index contributed by atoms with van der Waals surface area (Å²) in [6, 6.07) is -0.198. The fraction of sp³-hybridized carbons (Fsp3) is 0.833. The highest BCUT2D eigenvalue weighted by Gasteiger charge is 2.33. The molecule has 1 rings (SSSR count). The average molecular weight is 144 g/mol. The van der Waals surface area contributed by atoms with Gasteiger partial charge in [-0.05, 0) is 12.8 Å². The summed E-state index contributed by atoms with van der Waals surface area (Å²) in [6.07, 6.45) is 0. The lowest BCUT2D eigenvalue weighted by molar-refractivity contribution is -0.140. The summed E-state index contributed by atoms with van der Waals surface area (Å²) in [6.45, 7) is 3.87. The van der Waals surface area contributed by atoms with E-state index in [1.165, 1.54) is 0 Å². The second kappa shape index (κ2) is 2.56. The van der Waals surface area contributed by atoms with Gasteiger partial charge in [-0.3, -0.25) is 10.2 Å². The molecule has 0 aromatic carbocycles. The van der Waals surface area contributed by atoms with Crippen LogP contribution in [0.2, 0.25) is 0 Å². The Kier molecular flexibility index (Phi) is 1.92. The lowest BCUT2D eigenvalue weighted by Crippen LogP contribution is -2.37. The molecule has 10 heavy (non-hydrogen) atoms. The lowest BCUT2D eigenvalue weighted by atomic mass is 9.98. The van der Waals surface area contributed by atoms with Crippen LogP contribution in [0.3, 0.4) is 0 Å². The molecule has 3 unspecified atom stereocenters. The number of carbonyl (C=O) groups is 1. The van der Waals surface area contributed by atoms with E-state index in [0.717, 1.165) is 0 Å². The van der Waals surface area contributed by atoms with Crippen LogP contribution >= 0.6 is 0 Å². The molecule has 4 heteroatoms. The first-order valence-corrected chi connectivity index (χ1v) is 3.37. The smallest absolute Gasteiger partial charge is 0.322 e. The average Bonchev–Trinajstić information content (AvgIpc) is 2.14. The molecule has 0 saturated carbocycles. The Bertz CT molecular complexity index is 149. The number of carboxylic acid groups (broad SMARTS) is 1. The number of aliphatic carboxylic acids is 1. The molecule has 1 heterocycles. The molecular formula is C6H12N2O2. The Hall–Kier alpha value is -0.610. The predicted octanol–water partition coefficient (Wildman–Crippen LogP) is -0.428. The number of hydrogen-bond acceptors (Lipinski definition) is 3. The van der Waals surface area contributed by atoms with Crippen molar-refractivity contribution in [3.8, 4) is 0 Å². The minimum Gasteiger partial charge on any atom is -0.480 e. The Labute approximate surface area is 59.6 Å². The van der Waals surface area contributed by atoms with Crippen LogP contribution < -0.4 is 10.9 Å². The minimum absolute atomic E-state index is 0.150. The highest BCUT2D eigenvalue weighted by molar-refractivity contribution is 5.74. The van der Waals surface area contributed by atoms with Gasteiger partial charge >= 0.3 is 5.97 Å². The van der Waals surface area contributed by atoms with Crippen LogP contribution in [0, 0.1) is 5.92 Å². The lowest BCUT2D eigenvalue weighted by Gasteiger charge is -2.10. The molecular weight excluding hydrogens is 132 g/mol. The fourth-order valence-corrected chi connectivity index (χ4v) is 1.06. The third-order valence-electron chi connectivity index (χ3n) is 2.05. The Morgan fingerprint density at radius 3 is 2.20 bits per heavy atom. The summed E-state index contributed by atoms with van der Waals surface area (Å²) in [4.78, 5) is 10.5. The van der Waals surface area contributed by atoms with Crippen LogP contribution in [-0.2, 0) is 4.79 Å². The molecule has 0 aromatic heterocycles. The van der Waals surface area contributed by atoms with Gasteiger partial charge in [-0.2, -0.15) is 0 Å². The van der Waals surface area contributed by atoms with E-state index in [1.54, 1.807) is 0 Å². The molecule has 0 spiro atoms. The summed E-state index contributed by atoms with van der Waals surface area (Å²) in [7, 11) is 0. The van der Waals surface area contributed by atoms with Gasteiger partial charge in [-0.1, -0.05) is 6.92 Å². The summed E-state index contributed by atoms with van der Waals surface area (Å²) < 4.78 is 0. The van der Waals surface area contributed by atoms with Gasteiger partial charge in [-0.15, -0.1) is 0 Å². The maximum atomic E-state index is 10.5. The van der Waals surface area contributed by atoms with Crippen molar-refractivity contribution >= 4 is 5.97 Å². The van der Waals surface area contributed by atoms with Crippen LogP contribution in [0.5, 0.6) is 0 Å². The van der Waals surface area contributed by atoms with E-state index in [2.05, 4.69) is 10.9 Å². The van der Waals surface area contributed by atoms with Gasteiger partial charge in [0.25, 0.3) is 0 Å². The maximum Gasteiger partial charge on any atom is 0.322 e. The van der Waals surface area contributed by atoms with Gasteiger partial charge in [-0.25, -0.2) is 5.43 Å². The second-order valence-corrected chi connectivity index (χ2v) is 2.75. The van der Waals surface area contributed by atoms with Gasteiger partial charge in [0.2, 0.25) is 0 Å². The van der Waals surface area contributed by atoms with Crippen LogP contribution in [0.1, 0.15) is 13.8 Å². The summed E-state index contributed by atoms with van der Waals surface area (Å²) in [5, 5.41) is 8.60. The number of rotatable bonds is 1. The minimum atomic E-state index is -0.788. The van der Waals surface area contributed by atoms with Crippen LogP contribution in [-0.4, -0.2) is 23.2 Å². The molecule has 4 nitrogen and oxygen atoms in total. The maximum absolute atomic E-state index is 10.5. The summed E-state index contributed by atoms with van der Waals surface area (Å²) in [5.74, 6) is -0.637. The molecule has 0 amide bonds. The van der Waals surface area contributed by atoms with Crippen molar-refractivity contribution in [1.82, 2.24) is 10.9 Å². The van der Waals surface area contributed by atoms with E-state index in [1.807, 2.05) is 13.8 Å². The van der Waals surface area contributed by atoms with Crippen molar-refractivity contribution in [2.75, 3.05) is 0 Å². The van der Waals surface area contributed by atoms with Gasteiger partial charge in [0.1, 0.15) is 6.04 Å². The van der Waals surface area contributed by atoms with E-state index in [9.17, 15) is 4.79 Å². The Morgan fingerprint density at radius 2 is 2.00 bits per heavy atom. The van der Waals surface area contributed by atoms with E-state index < -0.39 is 12.0 Å². The number of hydrogen-bond donors (Lipinski definition) is 3. The number of hydrazine groups is 1. The van der Waals surface area contributed by atoms with Gasteiger partial charge in [0.05, 0.1) is 0 Å². The molecule has 3 N–H and O–H groups in total. The zero-order valence-electron chi connectivity index (χ0n) is 6.09. The van der Waals surface area contributed by atoms with Crippen LogP contribution in [0.4, 0.5) is 0 Å². The molecule has 0 radical (unpaired) electrons. The first kappa shape index (κ1) is 7.50. The normalized spacial score (nSPS) is 40.0. The first-order valence-electron chi connectivity index (χ1n) is 3.37. The van der Waals surface area contributed by atoms with Gasteiger partial charge in [0, 0.05) is 6.04 Å². The summed E-state index contributed by atoms with van der Waals surface area (Å²) >= 11 is 0. The van der Waals surface area contributed by atoms with Gasteiger partial charge in [0.15, 0.2) is 0 Å². The third kappa shape index (κ3) is 1.12. The molecule has 0 aromatic rings. The van der Waals surface area contributed by atoms with Crippen molar-refractivity contribution in [1.29, 1.82) is 0 Å². The SMILES string of the molecule is CC1NNC(C(=O)O)C1C. The topological polar surface area (TPSA) is 61.4 Å². The largest absolute Gasteiger partial charge is 0.480 e. The third-order valence-corrected chi connectivity index (χ3v) is 2.05. The number of nitrogens with one attached hydrogen (secondary N) is 2. The molecule has 1 saturated heterocycles.